The standard InChI is InChI=1S/C13H19N5S.Cu/c1-11(12-5-3-4-6-14-12)15-16-13(19)18-9-7-17(2)8-10-18;/h3-6H,7-10H2,1-2H3,(H,16,19);/q;+2. The first-order valence-electron chi connectivity index (χ1n) is 6.36. The van der Waals surface area contributed by atoms with E-state index in [1.165, 1.54) is 0 Å². The molecule has 0 amide bonds. The molecule has 7 heteroatoms. The van der Waals surface area contributed by atoms with Gasteiger partial charge in [-0.25, -0.2) is 0 Å². The number of pyridine rings is 1. The van der Waals surface area contributed by atoms with Gasteiger partial charge < -0.3 is 9.80 Å². The molecular formula is C13H19CuN5S+2. The number of nitrogens with one attached hydrogen (secondary N) is 1. The molecule has 5 nitrogen and oxygen atoms in total. The summed E-state index contributed by atoms with van der Waals surface area (Å²) in [4.78, 5) is 8.68. The summed E-state index contributed by atoms with van der Waals surface area (Å²) in [6.45, 7) is 5.87. The normalized spacial score (nSPS) is 16.5. The average Bonchev–Trinajstić information content (AvgIpc) is 2.46. The monoisotopic (exact) mass is 340 g/mol. The third-order valence-electron chi connectivity index (χ3n) is 3.15. The van der Waals surface area contributed by atoms with Gasteiger partial charge in [-0.15, -0.1) is 0 Å². The number of piperazine rings is 1. The fraction of sp³-hybridized carbons (Fsp3) is 0.462. The van der Waals surface area contributed by atoms with Crippen molar-refractivity contribution in [1.82, 2.24) is 20.2 Å². The van der Waals surface area contributed by atoms with E-state index < -0.39 is 0 Å². The van der Waals surface area contributed by atoms with Gasteiger partial charge in [-0.2, -0.15) is 5.10 Å². The van der Waals surface area contributed by atoms with Gasteiger partial charge in [0.1, 0.15) is 0 Å². The molecule has 2 heterocycles. The third kappa shape index (κ3) is 4.83. The Labute approximate surface area is 135 Å². The number of thiocarbonyl (C=S) groups is 1. The maximum Gasteiger partial charge on any atom is 2.00 e. The fourth-order valence-electron chi connectivity index (χ4n) is 1.85. The molecule has 1 radical (unpaired) electrons. The maximum absolute atomic E-state index is 5.35. The van der Waals surface area contributed by atoms with Crippen LogP contribution in [-0.2, 0) is 17.1 Å². The van der Waals surface area contributed by atoms with Gasteiger partial charge in [0.05, 0.1) is 11.4 Å². The number of rotatable bonds is 2. The van der Waals surface area contributed by atoms with Gasteiger partial charge in [-0.3, -0.25) is 10.4 Å². The summed E-state index contributed by atoms with van der Waals surface area (Å²) in [6.07, 6.45) is 1.76. The smallest absolute Gasteiger partial charge is 0.345 e. The van der Waals surface area contributed by atoms with Crippen molar-refractivity contribution in [3.05, 3.63) is 30.1 Å². The first kappa shape index (κ1) is 17.0. The number of hydrazone groups is 1. The van der Waals surface area contributed by atoms with Crippen LogP contribution in [0.1, 0.15) is 12.6 Å². The van der Waals surface area contributed by atoms with Crippen LogP contribution in [0.25, 0.3) is 0 Å². The first-order valence-corrected chi connectivity index (χ1v) is 6.77. The third-order valence-corrected chi connectivity index (χ3v) is 3.49. The molecule has 0 saturated carbocycles. The van der Waals surface area contributed by atoms with E-state index in [0.717, 1.165) is 37.6 Å². The molecule has 1 aliphatic heterocycles. The Hall–Kier alpha value is -1.01. The number of aromatic nitrogens is 1. The summed E-state index contributed by atoms with van der Waals surface area (Å²) in [5.41, 5.74) is 4.64. The van der Waals surface area contributed by atoms with Crippen molar-refractivity contribution < 1.29 is 17.1 Å². The number of hydrogen-bond donors (Lipinski definition) is 1. The molecule has 0 bridgehead atoms. The fourth-order valence-corrected chi connectivity index (χ4v) is 2.07. The molecule has 0 atom stereocenters. The Morgan fingerprint density at radius 3 is 2.60 bits per heavy atom. The van der Waals surface area contributed by atoms with Crippen molar-refractivity contribution in [3.8, 4) is 0 Å². The Morgan fingerprint density at radius 2 is 2.00 bits per heavy atom. The zero-order valence-electron chi connectivity index (χ0n) is 11.6. The molecule has 1 N–H and O–H groups in total. The molecule has 0 aliphatic carbocycles. The van der Waals surface area contributed by atoms with Crippen LogP contribution in [0.15, 0.2) is 29.5 Å². The molecule has 20 heavy (non-hydrogen) atoms. The maximum atomic E-state index is 5.35. The molecule has 1 aromatic heterocycles. The van der Waals surface area contributed by atoms with Crippen molar-refractivity contribution in [2.75, 3.05) is 33.2 Å². The second kappa shape index (κ2) is 8.32. The zero-order chi connectivity index (χ0) is 13.7. The summed E-state index contributed by atoms with van der Waals surface area (Å²) >= 11 is 5.35. The van der Waals surface area contributed by atoms with Crippen molar-refractivity contribution in [1.29, 1.82) is 0 Å². The average molecular weight is 341 g/mol. The van der Waals surface area contributed by atoms with Gasteiger partial charge in [-0.1, -0.05) is 6.07 Å². The van der Waals surface area contributed by atoms with E-state index in [0.29, 0.717) is 5.11 Å². The van der Waals surface area contributed by atoms with Crippen LogP contribution in [0, 0.1) is 0 Å². The molecular weight excluding hydrogens is 322 g/mol. The SMILES string of the molecule is CC(=NNC(=S)N1CCN(C)CC1)c1ccccn1.[Cu+2]. The predicted molar refractivity (Wildman–Crippen MR) is 81.3 cm³/mol. The molecule has 1 saturated heterocycles. The van der Waals surface area contributed by atoms with E-state index in [1.807, 2.05) is 25.1 Å². The molecule has 0 aromatic carbocycles. The van der Waals surface area contributed by atoms with E-state index in [4.69, 9.17) is 12.2 Å². The van der Waals surface area contributed by atoms with Crippen molar-refractivity contribution >= 4 is 23.0 Å². The zero-order valence-corrected chi connectivity index (χ0v) is 13.4. The van der Waals surface area contributed by atoms with Crippen molar-refractivity contribution in [2.24, 2.45) is 5.10 Å². The predicted octanol–water partition coefficient (Wildman–Crippen LogP) is 0.925. The molecule has 111 valence electrons. The van der Waals surface area contributed by atoms with Crippen LogP contribution in [0.2, 0.25) is 0 Å². The van der Waals surface area contributed by atoms with Gasteiger partial charge in [0.25, 0.3) is 0 Å². The molecule has 1 aliphatic rings. The quantitative estimate of drug-likeness (QED) is 0.375. The van der Waals surface area contributed by atoms with Crippen LogP contribution in [0.4, 0.5) is 0 Å². The molecule has 0 spiro atoms. The number of nitrogens with zero attached hydrogens (tertiary/aromatic N) is 4. The van der Waals surface area contributed by atoms with Gasteiger partial charge >= 0.3 is 17.1 Å². The van der Waals surface area contributed by atoms with Crippen LogP contribution < -0.4 is 5.43 Å². The van der Waals surface area contributed by atoms with E-state index in [9.17, 15) is 0 Å². The van der Waals surface area contributed by atoms with Crippen LogP contribution in [-0.4, -0.2) is 58.8 Å². The minimum Gasteiger partial charge on any atom is -0.345 e. The van der Waals surface area contributed by atoms with Gasteiger partial charge in [0.15, 0.2) is 5.11 Å². The van der Waals surface area contributed by atoms with E-state index in [-0.39, 0.29) is 17.1 Å². The summed E-state index contributed by atoms with van der Waals surface area (Å²) < 4.78 is 0. The number of likely N-dealkylation sites (N-methyl/N-ethyl adjacent to an activating group) is 1. The number of hydrogen-bond acceptors (Lipinski definition) is 4. The second-order valence-corrected chi connectivity index (χ2v) is 5.01. The molecule has 2 rings (SSSR count). The summed E-state index contributed by atoms with van der Waals surface area (Å²) in [5, 5.41) is 4.98. The van der Waals surface area contributed by atoms with Gasteiger partial charge in [0.2, 0.25) is 0 Å². The molecule has 1 aromatic rings. The van der Waals surface area contributed by atoms with Gasteiger partial charge in [-0.05, 0) is 38.3 Å². The van der Waals surface area contributed by atoms with Crippen molar-refractivity contribution in [3.63, 3.8) is 0 Å². The van der Waals surface area contributed by atoms with Gasteiger partial charge in [0, 0.05) is 32.4 Å². The first-order chi connectivity index (χ1) is 9.16. The van der Waals surface area contributed by atoms with Crippen LogP contribution >= 0.6 is 12.2 Å². The van der Waals surface area contributed by atoms with E-state index in [1.54, 1.807) is 6.20 Å². The molecule has 0 unspecified atom stereocenters. The topological polar surface area (TPSA) is 43.8 Å². The summed E-state index contributed by atoms with van der Waals surface area (Å²) in [7, 11) is 2.12. The minimum atomic E-state index is 0. The Balaban J connectivity index is 0.00000200. The minimum absolute atomic E-state index is 0. The summed E-state index contributed by atoms with van der Waals surface area (Å²) in [6, 6.07) is 5.76. The summed E-state index contributed by atoms with van der Waals surface area (Å²) in [5.74, 6) is 0. The van der Waals surface area contributed by atoms with Crippen molar-refractivity contribution in [2.45, 2.75) is 6.92 Å². The molecule has 1 fully saturated rings. The van der Waals surface area contributed by atoms with Crippen LogP contribution in [0.5, 0.6) is 0 Å². The second-order valence-electron chi connectivity index (χ2n) is 4.62. The largest absolute Gasteiger partial charge is 2.00 e. The van der Waals surface area contributed by atoms with E-state index >= 15 is 0 Å². The Bertz CT molecular complexity index is 457. The van der Waals surface area contributed by atoms with E-state index in [2.05, 4.69) is 32.4 Å². The Kier molecular flexibility index (Phi) is 7.09. The van der Waals surface area contributed by atoms with Crippen LogP contribution in [0.3, 0.4) is 0 Å². The Morgan fingerprint density at radius 1 is 1.30 bits per heavy atom.